The lowest BCUT2D eigenvalue weighted by atomic mass is 10.1. The third-order valence-corrected chi connectivity index (χ3v) is 2.54. The lowest BCUT2D eigenvalue weighted by Crippen LogP contribution is -1.89. The van der Waals surface area contributed by atoms with E-state index in [4.69, 9.17) is 9.68 Å². The summed E-state index contributed by atoms with van der Waals surface area (Å²) in [5, 5.41) is 19.9. The van der Waals surface area contributed by atoms with Crippen molar-refractivity contribution in [2.24, 2.45) is 0 Å². The van der Waals surface area contributed by atoms with Gasteiger partial charge in [-0.1, -0.05) is 12.1 Å². The van der Waals surface area contributed by atoms with Crippen LogP contribution in [0.5, 0.6) is 0 Å². The van der Waals surface area contributed by atoms with E-state index in [1.54, 1.807) is 37.3 Å². The molecule has 0 fully saturated rings. The number of aryl methyl sites for hydroxylation is 1. The highest BCUT2D eigenvalue weighted by Crippen LogP contribution is 2.22. The molecule has 2 rings (SSSR count). The number of hydrogen-bond acceptors (Lipinski definition) is 4. The smallest absolute Gasteiger partial charge is 0.270 e. The van der Waals surface area contributed by atoms with Crippen molar-refractivity contribution in [2.75, 3.05) is 0 Å². The Bertz CT molecular complexity index is 693. The van der Waals surface area contributed by atoms with Gasteiger partial charge in [-0.3, -0.25) is 10.1 Å². The van der Waals surface area contributed by atoms with Crippen LogP contribution in [0.25, 0.3) is 11.6 Å². The number of rotatable bonds is 3. The maximum atomic E-state index is 10.7. The fourth-order valence-corrected chi connectivity index (χ4v) is 1.64. The molecule has 0 spiro atoms. The molecule has 5 heteroatoms. The van der Waals surface area contributed by atoms with Crippen molar-refractivity contribution in [1.82, 2.24) is 0 Å². The average Bonchev–Trinajstić information content (AvgIpc) is 2.81. The molecular weight excluding hydrogens is 244 g/mol. The second-order valence-electron chi connectivity index (χ2n) is 3.93. The van der Waals surface area contributed by atoms with Gasteiger partial charge in [0.2, 0.25) is 0 Å². The van der Waals surface area contributed by atoms with Crippen molar-refractivity contribution < 1.29 is 9.34 Å². The van der Waals surface area contributed by atoms with Gasteiger partial charge in [0.05, 0.1) is 16.6 Å². The highest BCUT2D eigenvalue weighted by Gasteiger charge is 2.09. The molecule has 0 bridgehead atoms. The predicted molar refractivity (Wildman–Crippen MR) is 70.0 cm³/mol. The zero-order valence-corrected chi connectivity index (χ0v) is 10.2. The van der Waals surface area contributed by atoms with E-state index < -0.39 is 4.92 Å². The average molecular weight is 254 g/mol. The first-order valence-electron chi connectivity index (χ1n) is 5.53. The number of nitro groups is 1. The molecule has 0 aliphatic rings. The number of hydrogen-bond donors (Lipinski definition) is 0. The lowest BCUT2D eigenvalue weighted by Gasteiger charge is -1.98. The van der Waals surface area contributed by atoms with Gasteiger partial charge in [0, 0.05) is 12.1 Å². The first-order valence-corrected chi connectivity index (χ1v) is 5.53. The third kappa shape index (κ3) is 2.87. The maximum absolute atomic E-state index is 10.7. The molecule has 19 heavy (non-hydrogen) atoms. The summed E-state index contributed by atoms with van der Waals surface area (Å²) in [6.45, 7) is 1.80. The second-order valence-corrected chi connectivity index (χ2v) is 3.93. The molecule has 0 radical (unpaired) electrons. The number of non-ortho nitro benzene ring substituents is 1. The summed E-state index contributed by atoms with van der Waals surface area (Å²) in [6.07, 6.45) is 1.56. The van der Waals surface area contributed by atoms with Gasteiger partial charge >= 0.3 is 0 Å². The van der Waals surface area contributed by atoms with Gasteiger partial charge in [-0.25, -0.2) is 0 Å². The quantitative estimate of drug-likeness (QED) is 0.476. The standard InChI is InChI=1S/C14H10N2O3/c1-10-5-6-14(19-10)8-12(9-15)11-3-2-4-13(7-11)16(17)18/h2-8H,1H3. The predicted octanol–water partition coefficient (Wildman–Crippen LogP) is 3.56. The van der Waals surface area contributed by atoms with Gasteiger partial charge in [-0.2, -0.15) is 5.26 Å². The minimum absolute atomic E-state index is 0.0470. The van der Waals surface area contributed by atoms with Gasteiger partial charge < -0.3 is 4.42 Å². The zero-order chi connectivity index (χ0) is 13.8. The summed E-state index contributed by atoms with van der Waals surface area (Å²) in [7, 11) is 0. The summed E-state index contributed by atoms with van der Waals surface area (Å²) in [4.78, 5) is 10.2. The molecule has 5 nitrogen and oxygen atoms in total. The normalized spacial score (nSPS) is 11.1. The fourth-order valence-electron chi connectivity index (χ4n) is 1.64. The molecule has 0 N–H and O–H groups in total. The number of nitro benzene ring substituents is 1. The molecule has 0 saturated carbocycles. The molecule has 0 amide bonds. The van der Waals surface area contributed by atoms with Crippen LogP contribution in [0.3, 0.4) is 0 Å². The Kier molecular flexibility index (Phi) is 3.44. The van der Waals surface area contributed by atoms with E-state index in [-0.39, 0.29) is 5.69 Å². The fraction of sp³-hybridized carbons (Fsp3) is 0.0714. The van der Waals surface area contributed by atoms with Gasteiger partial charge in [-0.05, 0) is 30.7 Å². The topological polar surface area (TPSA) is 80.1 Å². The second kappa shape index (κ2) is 5.19. The molecule has 2 aromatic rings. The van der Waals surface area contributed by atoms with Crippen molar-refractivity contribution in [2.45, 2.75) is 6.92 Å². The van der Waals surface area contributed by atoms with Crippen LogP contribution in [-0.2, 0) is 0 Å². The van der Waals surface area contributed by atoms with E-state index in [0.717, 1.165) is 5.76 Å². The number of furan rings is 1. The van der Waals surface area contributed by atoms with Crippen LogP contribution in [0.2, 0.25) is 0 Å². The Balaban J connectivity index is 2.43. The van der Waals surface area contributed by atoms with Gasteiger partial charge in [-0.15, -0.1) is 0 Å². The zero-order valence-electron chi connectivity index (χ0n) is 10.2. The first kappa shape index (κ1) is 12.6. The van der Waals surface area contributed by atoms with E-state index in [0.29, 0.717) is 16.9 Å². The lowest BCUT2D eigenvalue weighted by molar-refractivity contribution is -0.384. The maximum Gasteiger partial charge on any atom is 0.270 e. The van der Waals surface area contributed by atoms with E-state index >= 15 is 0 Å². The molecule has 94 valence electrons. The highest BCUT2D eigenvalue weighted by molar-refractivity contribution is 5.89. The molecule has 1 aromatic carbocycles. The van der Waals surface area contributed by atoms with Crippen LogP contribution in [0, 0.1) is 28.4 Å². The monoisotopic (exact) mass is 254 g/mol. The van der Waals surface area contributed by atoms with Gasteiger partial charge in [0.15, 0.2) is 0 Å². The summed E-state index contributed by atoms with van der Waals surface area (Å²) >= 11 is 0. The van der Waals surface area contributed by atoms with E-state index in [2.05, 4.69) is 0 Å². The van der Waals surface area contributed by atoms with Crippen LogP contribution in [-0.4, -0.2) is 4.92 Å². The third-order valence-electron chi connectivity index (χ3n) is 2.54. The summed E-state index contributed by atoms with van der Waals surface area (Å²) in [5.74, 6) is 1.28. The highest BCUT2D eigenvalue weighted by atomic mass is 16.6. The SMILES string of the molecule is Cc1ccc(C=C(C#N)c2cccc([N+](=O)[O-])c2)o1. The minimum Gasteiger partial charge on any atom is -0.462 e. The molecule has 0 unspecified atom stereocenters. The molecular formula is C14H10N2O3. The molecule has 1 heterocycles. The van der Waals surface area contributed by atoms with E-state index in [9.17, 15) is 10.1 Å². The summed E-state index contributed by atoms with van der Waals surface area (Å²) in [5.41, 5.74) is 0.762. The van der Waals surface area contributed by atoms with E-state index in [1.165, 1.54) is 12.1 Å². The van der Waals surface area contributed by atoms with Crippen molar-refractivity contribution in [3.8, 4) is 6.07 Å². The molecule has 0 aliphatic carbocycles. The van der Waals surface area contributed by atoms with Gasteiger partial charge in [0.25, 0.3) is 5.69 Å². The van der Waals surface area contributed by atoms with Crippen molar-refractivity contribution >= 4 is 17.3 Å². The van der Waals surface area contributed by atoms with Gasteiger partial charge in [0.1, 0.15) is 11.5 Å². The minimum atomic E-state index is -0.491. The van der Waals surface area contributed by atoms with Crippen LogP contribution >= 0.6 is 0 Å². The first-order chi connectivity index (χ1) is 9.10. The van der Waals surface area contributed by atoms with Crippen molar-refractivity contribution in [1.29, 1.82) is 5.26 Å². The number of nitrogens with zero attached hydrogens (tertiary/aromatic N) is 2. The Labute approximate surface area is 109 Å². The Morgan fingerprint density at radius 2 is 2.21 bits per heavy atom. The molecule has 0 saturated heterocycles. The Morgan fingerprint density at radius 1 is 1.42 bits per heavy atom. The molecule has 0 aliphatic heterocycles. The van der Waals surface area contributed by atoms with Crippen molar-refractivity contribution in [3.63, 3.8) is 0 Å². The summed E-state index contributed by atoms with van der Waals surface area (Å²) in [6, 6.07) is 11.5. The van der Waals surface area contributed by atoms with Crippen molar-refractivity contribution in [3.05, 3.63) is 63.6 Å². The van der Waals surface area contributed by atoms with Crippen LogP contribution < -0.4 is 0 Å². The Hall–Kier alpha value is -2.87. The molecule has 1 aromatic heterocycles. The number of allylic oxidation sites excluding steroid dienone is 1. The van der Waals surface area contributed by atoms with Crippen LogP contribution in [0.15, 0.2) is 40.8 Å². The van der Waals surface area contributed by atoms with Crippen LogP contribution in [0.4, 0.5) is 5.69 Å². The Morgan fingerprint density at radius 3 is 2.79 bits per heavy atom. The number of benzene rings is 1. The molecule has 0 atom stereocenters. The van der Waals surface area contributed by atoms with Crippen LogP contribution in [0.1, 0.15) is 17.1 Å². The van der Waals surface area contributed by atoms with E-state index in [1.807, 2.05) is 6.07 Å². The largest absolute Gasteiger partial charge is 0.462 e. The number of nitriles is 1. The summed E-state index contributed by atoms with van der Waals surface area (Å²) < 4.78 is 5.35.